The van der Waals surface area contributed by atoms with E-state index < -0.39 is 0 Å². The molecule has 17 heavy (non-hydrogen) atoms. The molecule has 1 aliphatic rings. The van der Waals surface area contributed by atoms with Gasteiger partial charge in [-0.3, -0.25) is 0 Å². The number of aryl methyl sites for hydroxylation is 2. The molecule has 0 bridgehead atoms. The third kappa shape index (κ3) is 2.31. The van der Waals surface area contributed by atoms with E-state index in [-0.39, 0.29) is 0 Å². The molecule has 1 atom stereocenters. The van der Waals surface area contributed by atoms with Gasteiger partial charge in [0.1, 0.15) is 5.82 Å². The van der Waals surface area contributed by atoms with Gasteiger partial charge in [0, 0.05) is 18.7 Å². The van der Waals surface area contributed by atoms with Crippen LogP contribution in [-0.2, 0) is 11.2 Å². The first-order valence-electron chi connectivity index (χ1n) is 6.25. The van der Waals surface area contributed by atoms with Crippen molar-refractivity contribution in [2.45, 2.75) is 38.7 Å². The van der Waals surface area contributed by atoms with Crippen LogP contribution < -0.4 is 0 Å². The summed E-state index contributed by atoms with van der Waals surface area (Å²) in [4.78, 5) is 12.2. The van der Waals surface area contributed by atoms with Crippen LogP contribution >= 0.6 is 0 Å². The molecule has 1 saturated heterocycles. The lowest BCUT2D eigenvalue weighted by Gasteiger charge is -2.06. The minimum atomic E-state index is 0.429. The summed E-state index contributed by atoms with van der Waals surface area (Å²) in [6.45, 7) is 2.91. The van der Waals surface area contributed by atoms with Gasteiger partial charge in [-0.05, 0) is 38.3 Å². The highest BCUT2D eigenvalue weighted by molar-refractivity contribution is 5.70. The van der Waals surface area contributed by atoms with Crippen LogP contribution in [0.3, 0.4) is 0 Å². The average Bonchev–Trinajstić information content (AvgIpc) is 2.94. The van der Waals surface area contributed by atoms with Gasteiger partial charge in [0.2, 0.25) is 0 Å². The Kier molecular flexibility index (Phi) is 2.81. The standard InChI is InChI=1S/C13H17N3O/c1-9-4-6-11-13(14-9)16-12(15-11)7-5-10-3-2-8-17-10/h4,6,10H,2-3,5,7-8H2,1H3,(H,14,15,16). The van der Waals surface area contributed by atoms with E-state index in [2.05, 4.69) is 15.0 Å². The molecular weight excluding hydrogens is 214 g/mol. The summed E-state index contributed by atoms with van der Waals surface area (Å²) < 4.78 is 5.61. The molecule has 4 nitrogen and oxygen atoms in total. The molecule has 0 spiro atoms. The van der Waals surface area contributed by atoms with Crippen molar-refractivity contribution in [1.82, 2.24) is 15.0 Å². The minimum absolute atomic E-state index is 0.429. The number of hydrogen-bond acceptors (Lipinski definition) is 3. The number of aromatic amines is 1. The fourth-order valence-electron chi connectivity index (χ4n) is 2.33. The normalized spacial score (nSPS) is 20.2. The Hall–Kier alpha value is -1.42. The molecule has 0 saturated carbocycles. The Morgan fingerprint density at radius 2 is 2.35 bits per heavy atom. The molecule has 1 unspecified atom stereocenters. The molecule has 1 aliphatic heterocycles. The summed E-state index contributed by atoms with van der Waals surface area (Å²) >= 11 is 0. The Labute approximate surface area is 100 Å². The maximum Gasteiger partial charge on any atom is 0.177 e. The summed E-state index contributed by atoms with van der Waals surface area (Å²) in [5, 5.41) is 0. The van der Waals surface area contributed by atoms with E-state index in [1.807, 2.05) is 19.1 Å². The van der Waals surface area contributed by atoms with Crippen LogP contribution in [0.4, 0.5) is 0 Å². The number of nitrogens with zero attached hydrogens (tertiary/aromatic N) is 2. The molecular formula is C13H17N3O. The molecule has 0 aromatic carbocycles. The zero-order valence-corrected chi connectivity index (χ0v) is 10.1. The zero-order chi connectivity index (χ0) is 11.7. The van der Waals surface area contributed by atoms with Crippen LogP contribution in [0, 0.1) is 6.92 Å². The molecule has 3 rings (SSSR count). The second-order valence-corrected chi connectivity index (χ2v) is 4.68. The number of hydrogen-bond donors (Lipinski definition) is 1. The highest BCUT2D eigenvalue weighted by Gasteiger charge is 2.16. The van der Waals surface area contributed by atoms with Crippen molar-refractivity contribution >= 4 is 11.2 Å². The monoisotopic (exact) mass is 231 g/mol. The van der Waals surface area contributed by atoms with Gasteiger partial charge in [-0.25, -0.2) is 9.97 Å². The van der Waals surface area contributed by atoms with Gasteiger partial charge in [0.25, 0.3) is 0 Å². The topological polar surface area (TPSA) is 50.8 Å². The van der Waals surface area contributed by atoms with Crippen LogP contribution in [-0.4, -0.2) is 27.7 Å². The van der Waals surface area contributed by atoms with Crippen LogP contribution in [0.15, 0.2) is 12.1 Å². The van der Waals surface area contributed by atoms with Crippen LogP contribution in [0.1, 0.15) is 30.8 Å². The number of pyridine rings is 1. The van der Waals surface area contributed by atoms with Gasteiger partial charge in [-0.1, -0.05) is 0 Å². The first kappa shape index (κ1) is 10.7. The Morgan fingerprint density at radius 1 is 1.41 bits per heavy atom. The number of imidazole rings is 1. The fraction of sp³-hybridized carbons (Fsp3) is 0.538. The van der Waals surface area contributed by atoms with E-state index in [4.69, 9.17) is 4.74 Å². The van der Waals surface area contributed by atoms with Crippen molar-refractivity contribution in [3.63, 3.8) is 0 Å². The van der Waals surface area contributed by atoms with Crippen molar-refractivity contribution in [2.24, 2.45) is 0 Å². The van der Waals surface area contributed by atoms with Gasteiger partial charge < -0.3 is 9.72 Å². The van der Waals surface area contributed by atoms with Crippen molar-refractivity contribution in [1.29, 1.82) is 0 Å². The van der Waals surface area contributed by atoms with Gasteiger partial charge in [0.05, 0.1) is 11.6 Å². The Morgan fingerprint density at radius 3 is 3.18 bits per heavy atom. The molecule has 2 aromatic heterocycles. The molecule has 1 fully saturated rings. The van der Waals surface area contributed by atoms with Crippen molar-refractivity contribution in [3.05, 3.63) is 23.7 Å². The largest absolute Gasteiger partial charge is 0.378 e. The number of rotatable bonds is 3. The van der Waals surface area contributed by atoms with E-state index >= 15 is 0 Å². The molecule has 0 amide bonds. The molecule has 3 heterocycles. The quantitative estimate of drug-likeness (QED) is 0.882. The lowest BCUT2D eigenvalue weighted by molar-refractivity contribution is 0.104. The van der Waals surface area contributed by atoms with E-state index in [9.17, 15) is 0 Å². The van der Waals surface area contributed by atoms with Crippen LogP contribution in [0.5, 0.6) is 0 Å². The molecule has 1 N–H and O–H groups in total. The Bertz CT molecular complexity index is 514. The highest BCUT2D eigenvalue weighted by Crippen LogP contribution is 2.18. The summed E-state index contributed by atoms with van der Waals surface area (Å²) in [5.74, 6) is 1.02. The third-order valence-corrected chi connectivity index (χ3v) is 3.26. The van der Waals surface area contributed by atoms with Crippen LogP contribution in [0.25, 0.3) is 11.2 Å². The number of H-pyrrole nitrogens is 1. The van der Waals surface area contributed by atoms with Gasteiger partial charge in [0.15, 0.2) is 5.65 Å². The molecule has 0 aliphatic carbocycles. The van der Waals surface area contributed by atoms with Gasteiger partial charge in [-0.15, -0.1) is 0 Å². The van der Waals surface area contributed by atoms with Crippen molar-refractivity contribution in [2.75, 3.05) is 6.61 Å². The molecule has 90 valence electrons. The second kappa shape index (κ2) is 4.45. The predicted molar refractivity (Wildman–Crippen MR) is 65.9 cm³/mol. The average molecular weight is 231 g/mol. The van der Waals surface area contributed by atoms with Gasteiger partial charge >= 0.3 is 0 Å². The molecule has 0 radical (unpaired) electrons. The second-order valence-electron chi connectivity index (χ2n) is 4.68. The lowest BCUT2D eigenvalue weighted by Crippen LogP contribution is -2.06. The van der Waals surface area contributed by atoms with E-state index in [0.29, 0.717) is 6.10 Å². The first-order chi connectivity index (χ1) is 8.31. The summed E-state index contributed by atoms with van der Waals surface area (Å²) in [5.41, 5.74) is 2.86. The van der Waals surface area contributed by atoms with Crippen molar-refractivity contribution in [3.8, 4) is 0 Å². The number of fused-ring (bicyclic) bond motifs is 1. The smallest absolute Gasteiger partial charge is 0.177 e. The minimum Gasteiger partial charge on any atom is -0.378 e. The van der Waals surface area contributed by atoms with E-state index in [0.717, 1.165) is 42.1 Å². The SMILES string of the molecule is Cc1ccc2[nH]c(CCC3CCCO3)nc2n1. The highest BCUT2D eigenvalue weighted by atomic mass is 16.5. The summed E-state index contributed by atoms with van der Waals surface area (Å²) in [7, 11) is 0. The lowest BCUT2D eigenvalue weighted by atomic mass is 10.1. The molecule has 2 aromatic rings. The Balaban J connectivity index is 1.72. The molecule has 4 heteroatoms. The number of nitrogens with one attached hydrogen (secondary N) is 1. The number of aromatic nitrogens is 3. The van der Waals surface area contributed by atoms with Crippen LogP contribution in [0.2, 0.25) is 0 Å². The first-order valence-corrected chi connectivity index (χ1v) is 6.25. The van der Waals surface area contributed by atoms with E-state index in [1.54, 1.807) is 0 Å². The summed E-state index contributed by atoms with van der Waals surface area (Å²) in [6, 6.07) is 4.05. The maximum absolute atomic E-state index is 5.61. The maximum atomic E-state index is 5.61. The predicted octanol–water partition coefficient (Wildman–Crippen LogP) is 2.38. The fourth-order valence-corrected chi connectivity index (χ4v) is 2.33. The zero-order valence-electron chi connectivity index (χ0n) is 10.1. The number of ether oxygens (including phenoxy) is 1. The third-order valence-electron chi connectivity index (χ3n) is 3.26. The van der Waals surface area contributed by atoms with Gasteiger partial charge in [-0.2, -0.15) is 0 Å². The van der Waals surface area contributed by atoms with E-state index in [1.165, 1.54) is 12.8 Å². The van der Waals surface area contributed by atoms with Crippen molar-refractivity contribution < 1.29 is 4.74 Å². The summed E-state index contributed by atoms with van der Waals surface area (Å²) in [6.07, 6.45) is 4.82.